The molecule has 3 heterocycles. The summed E-state index contributed by atoms with van der Waals surface area (Å²) in [5.74, 6) is -3.44. The van der Waals surface area contributed by atoms with Gasteiger partial charge in [-0.15, -0.1) is 0 Å². The van der Waals surface area contributed by atoms with E-state index in [1.165, 1.54) is 32.2 Å². The molecule has 1 amide bonds. The van der Waals surface area contributed by atoms with E-state index >= 15 is 0 Å². The van der Waals surface area contributed by atoms with Gasteiger partial charge in [0.1, 0.15) is 41.7 Å². The molecule has 61 heavy (non-hydrogen) atoms. The predicted molar refractivity (Wildman–Crippen MR) is 217 cm³/mol. The van der Waals surface area contributed by atoms with Crippen molar-refractivity contribution in [2.24, 2.45) is 16.7 Å². The largest absolute Gasteiger partial charge is 0.456 e. The number of ether oxygens (including phenoxy) is 7. The lowest BCUT2D eigenvalue weighted by Crippen LogP contribution is -2.79. The Kier molecular flexibility index (Phi) is 11.3. The minimum atomic E-state index is -2.46. The van der Waals surface area contributed by atoms with Gasteiger partial charge in [-0.05, 0) is 88.9 Å². The Labute approximate surface area is 356 Å². The second-order valence-electron chi connectivity index (χ2n) is 19.0. The fourth-order valence-corrected chi connectivity index (χ4v) is 10.6. The number of aliphatic hydroxyl groups is 2. The van der Waals surface area contributed by atoms with Crippen LogP contribution in [-0.2, 0) is 42.7 Å². The molecule has 15 heteroatoms. The van der Waals surface area contributed by atoms with Crippen LogP contribution in [0.5, 0.6) is 0 Å². The molecule has 2 bridgehead atoms. The van der Waals surface area contributed by atoms with Crippen molar-refractivity contribution in [2.75, 3.05) is 6.61 Å². The van der Waals surface area contributed by atoms with E-state index in [2.05, 4.69) is 16.9 Å². The summed E-state index contributed by atoms with van der Waals surface area (Å²) < 4.78 is 44.2. The molecule has 3 aliphatic carbocycles. The number of nitrogens with one attached hydrogen (secondary N) is 1. The van der Waals surface area contributed by atoms with Crippen LogP contribution in [0.15, 0.2) is 78.5 Å². The number of pyridine rings is 1. The Morgan fingerprint density at radius 3 is 2.30 bits per heavy atom. The number of carbonyl (C=O) groups excluding carboxylic acids is 4. The molecule has 5 aliphatic rings. The zero-order chi connectivity index (χ0) is 44.5. The molecule has 3 N–H and O–H groups in total. The van der Waals surface area contributed by atoms with Crippen LogP contribution in [0.3, 0.4) is 0 Å². The lowest BCUT2D eigenvalue weighted by Gasteiger charge is -2.68. The highest BCUT2D eigenvalue weighted by atomic mass is 16.7. The first kappa shape index (κ1) is 44.4. The van der Waals surface area contributed by atoms with E-state index in [1.54, 1.807) is 70.2 Å². The number of fused-ring (bicyclic) bond motifs is 8. The molecular formula is C46H58N2O13. The highest BCUT2D eigenvalue weighted by molar-refractivity contribution is 5.89. The van der Waals surface area contributed by atoms with Crippen molar-refractivity contribution in [1.82, 2.24) is 10.3 Å². The summed E-state index contributed by atoms with van der Waals surface area (Å²) in [6, 6.07) is 11.7. The molecule has 2 aliphatic heterocycles. The summed E-state index contributed by atoms with van der Waals surface area (Å²) in [5, 5.41) is 28.6. The zero-order valence-electron chi connectivity index (χ0n) is 36.3. The lowest BCUT2D eigenvalue weighted by molar-refractivity contribution is -0.345. The molecule has 2 aromatic rings. The van der Waals surface area contributed by atoms with Gasteiger partial charge in [0.05, 0.1) is 29.9 Å². The first-order valence-corrected chi connectivity index (χ1v) is 20.8. The van der Waals surface area contributed by atoms with Gasteiger partial charge in [-0.3, -0.25) is 9.78 Å². The molecule has 2 saturated heterocycles. The van der Waals surface area contributed by atoms with Crippen molar-refractivity contribution in [1.29, 1.82) is 0 Å². The number of nitrogens with zero attached hydrogens (tertiary/aromatic N) is 1. The maximum absolute atomic E-state index is 14.6. The number of rotatable bonds is 9. The molecule has 7 rings (SSSR count). The fraction of sp³-hybridized carbons (Fsp3) is 0.587. The van der Waals surface area contributed by atoms with Crippen LogP contribution < -0.4 is 5.32 Å². The van der Waals surface area contributed by atoms with E-state index in [0.29, 0.717) is 24.0 Å². The summed E-state index contributed by atoms with van der Waals surface area (Å²) in [5.41, 5.74) is -7.72. The van der Waals surface area contributed by atoms with Crippen LogP contribution in [0.25, 0.3) is 0 Å². The highest BCUT2D eigenvalue weighted by Gasteiger charge is 2.77. The molecule has 12 atom stereocenters. The SMILES string of the molecule is C=C[C@@H]1O[C@@H]2C3=C(C)[C@@H](OC(=O)[C@](C)(O)[C@@H](NC(=O)OC(C)(C)C)c4ccccn4)C[C@@](O)([C@@H](OC(=O)c4ccccc4)[C@H]4[C@@](C)(CC[C@H]5OC[C@]54OC(C)=O)[C@@H]2O1)C3(C)C. The monoisotopic (exact) mass is 846 g/mol. The highest BCUT2D eigenvalue weighted by Crippen LogP contribution is 2.66. The summed E-state index contributed by atoms with van der Waals surface area (Å²) in [6.07, 6.45) is -3.23. The second kappa shape index (κ2) is 15.6. The normalized spacial score (nSPS) is 35.2. The molecule has 0 spiro atoms. The van der Waals surface area contributed by atoms with Crippen LogP contribution in [0.4, 0.5) is 4.79 Å². The first-order chi connectivity index (χ1) is 28.5. The Balaban J connectivity index is 1.39. The van der Waals surface area contributed by atoms with Crippen molar-refractivity contribution in [2.45, 2.75) is 147 Å². The van der Waals surface area contributed by atoms with E-state index in [-0.39, 0.29) is 24.3 Å². The minimum Gasteiger partial charge on any atom is -0.456 e. The molecule has 1 aromatic heterocycles. The molecule has 0 unspecified atom stereocenters. The van der Waals surface area contributed by atoms with Crippen molar-refractivity contribution in [3.8, 4) is 0 Å². The van der Waals surface area contributed by atoms with E-state index in [4.69, 9.17) is 33.2 Å². The minimum absolute atomic E-state index is 0.0426. The quantitative estimate of drug-likeness (QED) is 0.164. The molecule has 1 aromatic carbocycles. The number of carbonyl (C=O) groups is 4. The molecule has 15 nitrogen and oxygen atoms in total. The van der Waals surface area contributed by atoms with Gasteiger partial charge in [0, 0.05) is 30.4 Å². The van der Waals surface area contributed by atoms with Crippen LogP contribution in [-0.4, -0.2) is 105 Å². The van der Waals surface area contributed by atoms with Crippen LogP contribution in [0.2, 0.25) is 0 Å². The van der Waals surface area contributed by atoms with Gasteiger partial charge < -0.3 is 48.7 Å². The lowest BCUT2D eigenvalue weighted by atomic mass is 9.45. The van der Waals surface area contributed by atoms with Crippen LogP contribution >= 0.6 is 0 Å². The van der Waals surface area contributed by atoms with Crippen molar-refractivity contribution < 1.29 is 62.5 Å². The number of amides is 1. The molecule has 0 radical (unpaired) electrons. The predicted octanol–water partition coefficient (Wildman–Crippen LogP) is 5.44. The Hall–Kier alpha value is -4.67. The zero-order valence-corrected chi connectivity index (χ0v) is 36.3. The molecule has 330 valence electrons. The van der Waals surface area contributed by atoms with E-state index in [1.807, 2.05) is 20.8 Å². The van der Waals surface area contributed by atoms with Gasteiger partial charge in [-0.2, -0.15) is 0 Å². The smallest absolute Gasteiger partial charge is 0.408 e. The number of esters is 3. The Morgan fingerprint density at radius 1 is 1.02 bits per heavy atom. The van der Waals surface area contributed by atoms with Crippen LogP contribution in [0.1, 0.15) is 104 Å². The summed E-state index contributed by atoms with van der Waals surface area (Å²) in [4.78, 5) is 59.6. The van der Waals surface area contributed by atoms with E-state index in [9.17, 15) is 29.4 Å². The average Bonchev–Trinajstić information content (AvgIpc) is 3.61. The van der Waals surface area contributed by atoms with E-state index < -0.39 is 106 Å². The maximum atomic E-state index is 14.6. The number of aromatic nitrogens is 1. The molecular weight excluding hydrogens is 789 g/mol. The summed E-state index contributed by atoms with van der Waals surface area (Å²) >= 11 is 0. The Morgan fingerprint density at radius 2 is 1.70 bits per heavy atom. The van der Waals surface area contributed by atoms with Crippen molar-refractivity contribution >= 4 is 24.0 Å². The number of alkyl carbamates (subject to hydrolysis) is 1. The van der Waals surface area contributed by atoms with Gasteiger partial charge in [-0.25, -0.2) is 14.4 Å². The summed E-state index contributed by atoms with van der Waals surface area (Å²) in [6.45, 7) is 18.8. The maximum Gasteiger partial charge on any atom is 0.408 e. The topological polar surface area (TPSA) is 198 Å². The van der Waals surface area contributed by atoms with Crippen molar-refractivity contribution in [3.05, 3.63) is 89.8 Å². The Bertz CT molecular complexity index is 2080. The van der Waals surface area contributed by atoms with Crippen molar-refractivity contribution in [3.63, 3.8) is 0 Å². The van der Waals surface area contributed by atoms with Gasteiger partial charge >= 0.3 is 24.0 Å². The number of benzene rings is 1. The third-order valence-electron chi connectivity index (χ3n) is 13.6. The van der Waals surface area contributed by atoms with Gasteiger partial charge in [0.2, 0.25) is 0 Å². The molecule has 2 saturated carbocycles. The van der Waals surface area contributed by atoms with Gasteiger partial charge in [0.15, 0.2) is 17.5 Å². The number of hydrogen-bond acceptors (Lipinski definition) is 14. The molecule has 4 fully saturated rings. The van der Waals surface area contributed by atoms with Gasteiger partial charge in [0.25, 0.3) is 0 Å². The standard InChI is InChI=1S/C46H58N2O13/c1-11-31-57-33-32-25(2)29(56-39(51)44(10,53)35(28-19-15-16-22-47-28)48-40(52)61-41(4,5)6)23-46(54,42(32,7)8)37(59-38(50)27-17-13-12-14-18-27)34-43(9,36(33)58-31)21-20-30-45(34,24-55-30)60-26(3)49/h11-19,22,29-31,33-37,53-54H,1,20-21,23-24H2,2-10H3,(H,48,52)/t29-,30+,31+,33+,34-,35-,36+,37-,43+,44+,45-,46+/m0/s1. The third-order valence-corrected chi connectivity index (χ3v) is 13.6. The van der Waals surface area contributed by atoms with Gasteiger partial charge in [-0.1, -0.05) is 51.6 Å². The first-order valence-electron chi connectivity index (χ1n) is 20.8. The number of hydrogen-bond donors (Lipinski definition) is 3. The fourth-order valence-electron chi connectivity index (χ4n) is 10.6. The van der Waals surface area contributed by atoms with Crippen LogP contribution in [0, 0.1) is 16.7 Å². The summed E-state index contributed by atoms with van der Waals surface area (Å²) in [7, 11) is 0. The van der Waals surface area contributed by atoms with E-state index in [0.717, 1.165) is 0 Å². The average molecular weight is 847 g/mol. The second-order valence-corrected chi connectivity index (χ2v) is 19.0. The third kappa shape index (κ3) is 7.45.